The Balaban J connectivity index is 1.76. The Labute approximate surface area is 215 Å². The second kappa shape index (κ2) is 10.0. The number of carbonyl (C=O) groups excluding carboxylic acids is 2. The number of anilines is 1. The molecule has 0 fully saturated rings. The van der Waals surface area contributed by atoms with Gasteiger partial charge in [0.2, 0.25) is 5.82 Å². The molecule has 0 aliphatic heterocycles. The van der Waals surface area contributed by atoms with E-state index >= 15 is 0 Å². The van der Waals surface area contributed by atoms with Crippen molar-refractivity contribution in [2.45, 2.75) is 66.6 Å². The summed E-state index contributed by atoms with van der Waals surface area (Å²) in [6.07, 6.45) is 0. The molecule has 0 radical (unpaired) electrons. The average Bonchev–Trinajstić information content (AvgIpc) is 3.52. The van der Waals surface area contributed by atoms with E-state index in [4.69, 9.17) is 8.83 Å². The molecule has 3 aromatic heterocycles. The highest BCUT2D eigenvalue weighted by Crippen LogP contribution is 2.32. The summed E-state index contributed by atoms with van der Waals surface area (Å²) in [5, 5.41) is 15.4. The van der Waals surface area contributed by atoms with Crippen LogP contribution in [0.3, 0.4) is 0 Å². The first kappa shape index (κ1) is 25.9. The van der Waals surface area contributed by atoms with E-state index in [2.05, 4.69) is 20.7 Å². The van der Waals surface area contributed by atoms with Crippen LogP contribution in [0.1, 0.15) is 55.2 Å². The zero-order valence-electron chi connectivity index (χ0n) is 22.2. The number of nitrogens with zero attached hydrogens (tertiary/aromatic N) is 5. The molecule has 1 atom stereocenters. The third-order valence-corrected chi connectivity index (χ3v) is 5.61. The number of tetrazole rings is 1. The zero-order valence-corrected chi connectivity index (χ0v) is 22.2. The second-order valence-corrected chi connectivity index (χ2v) is 10.2. The zero-order chi connectivity index (χ0) is 26.9. The highest BCUT2D eigenvalue weighted by molar-refractivity contribution is 6.01. The number of nitrogens with one attached hydrogen (secondary N) is 1. The predicted molar refractivity (Wildman–Crippen MR) is 138 cm³/mol. The molecule has 3 heterocycles. The maximum atomic E-state index is 13.9. The van der Waals surface area contributed by atoms with Crippen molar-refractivity contribution in [3.8, 4) is 11.6 Å². The Morgan fingerprint density at radius 3 is 2.30 bits per heavy atom. The fourth-order valence-corrected chi connectivity index (χ4v) is 4.07. The standard InChI is InChI=1S/C27H32N6O4/c1-16-8-11-20(17(2)14-16)33(24(21-12-9-18(3)36-21)26(35)28-27(5,6)7)23(34)15-32-30-25(29-31-32)22-13-10-19(4)37-22/h8-14,24H,15H2,1-7H3,(H,28,35). The highest BCUT2D eigenvalue weighted by atomic mass is 16.3. The molecule has 4 aromatic rings. The number of amides is 2. The van der Waals surface area contributed by atoms with E-state index in [1.165, 1.54) is 9.70 Å². The van der Waals surface area contributed by atoms with Crippen molar-refractivity contribution in [1.29, 1.82) is 0 Å². The summed E-state index contributed by atoms with van der Waals surface area (Å²) in [7, 11) is 0. The minimum Gasteiger partial charge on any atom is -0.464 e. The smallest absolute Gasteiger partial charge is 0.251 e. The molecular weight excluding hydrogens is 472 g/mol. The summed E-state index contributed by atoms with van der Waals surface area (Å²) >= 11 is 0. The molecule has 10 nitrogen and oxygen atoms in total. The van der Waals surface area contributed by atoms with E-state index < -0.39 is 17.5 Å². The number of rotatable bonds is 7. The lowest BCUT2D eigenvalue weighted by Gasteiger charge is -2.33. The van der Waals surface area contributed by atoms with E-state index in [9.17, 15) is 9.59 Å². The van der Waals surface area contributed by atoms with Crippen LogP contribution in [0, 0.1) is 27.7 Å². The van der Waals surface area contributed by atoms with Gasteiger partial charge in [0.25, 0.3) is 11.8 Å². The third kappa shape index (κ3) is 5.96. The van der Waals surface area contributed by atoms with Crippen LogP contribution in [0.15, 0.2) is 51.3 Å². The quantitative estimate of drug-likeness (QED) is 0.395. The van der Waals surface area contributed by atoms with Gasteiger partial charge in [0.05, 0.1) is 0 Å². The van der Waals surface area contributed by atoms with Crippen molar-refractivity contribution in [2.75, 3.05) is 4.90 Å². The Morgan fingerprint density at radius 1 is 1.00 bits per heavy atom. The lowest BCUT2D eigenvalue weighted by atomic mass is 10.0. The summed E-state index contributed by atoms with van der Waals surface area (Å²) in [6.45, 7) is 12.9. The summed E-state index contributed by atoms with van der Waals surface area (Å²) in [5.74, 6) is 1.64. The molecular formula is C27H32N6O4. The van der Waals surface area contributed by atoms with Gasteiger partial charge in [-0.15, -0.1) is 10.2 Å². The van der Waals surface area contributed by atoms with Crippen molar-refractivity contribution in [3.05, 3.63) is 70.9 Å². The Bertz CT molecular complexity index is 1420. The molecule has 1 N–H and O–H groups in total. The van der Waals surface area contributed by atoms with Crippen LogP contribution in [0.4, 0.5) is 5.69 Å². The monoisotopic (exact) mass is 504 g/mol. The molecule has 194 valence electrons. The molecule has 10 heteroatoms. The van der Waals surface area contributed by atoms with E-state index in [1.807, 2.05) is 59.7 Å². The molecule has 0 aliphatic carbocycles. The largest absolute Gasteiger partial charge is 0.464 e. The van der Waals surface area contributed by atoms with Gasteiger partial charge in [-0.3, -0.25) is 14.5 Å². The summed E-state index contributed by atoms with van der Waals surface area (Å²) < 4.78 is 11.5. The van der Waals surface area contributed by atoms with Crippen LogP contribution in [-0.4, -0.2) is 37.6 Å². The number of furan rings is 2. The first-order valence-corrected chi connectivity index (χ1v) is 12.0. The second-order valence-electron chi connectivity index (χ2n) is 10.2. The molecule has 0 spiro atoms. The predicted octanol–water partition coefficient (Wildman–Crippen LogP) is 4.45. The van der Waals surface area contributed by atoms with E-state index in [1.54, 1.807) is 31.2 Å². The maximum Gasteiger partial charge on any atom is 0.251 e. The van der Waals surface area contributed by atoms with Crippen LogP contribution in [0.2, 0.25) is 0 Å². The molecule has 4 rings (SSSR count). The first-order chi connectivity index (χ1) is 17.4. The molecule has 0 bridgehead atoms. The van der Waals surface area contributed by atoms with Gasteiger partial charge in [0.15, 0.2) is 11.8 Å². The van der Waals surface area contributed by atoms with E-state index in [0.717, 1.165) is 11.1 Å². The van der Waals surface area contributed by atoms with E-state index in [0.29, 0.717) is 28.7 Å². The van der Waals surface area contributed by atoms with Gasteiger partial charge in [0.1, 0.15) is 23.8 Å². The number of carbonyl (C=O) groups is 2. The number of hydrogen-bond donors (Lipinski definition) is 1. The van der Waals surface area contributed by atoms with Gasteiger partial charge in [-0.25, -0.2) is 0 Å². The Morgan fingerprint density at radius 2 is 1.70 bits per heavy atom. The minimum absolute atomic E-state index is 0.251. The Hall–Kier alpha value is -4.21. The van der Waals surface area contributed by atoms with E-state index in [-0.39, 0.29) is 18.3 Å². The number of aromatic nitrogens is 4. The molecule has 2 amide bonds. The van der Waals surface area contributed by atoms with Crippen LogP contribution >= 0.6 is 0 Å². The summed E-state index contributed by atoms with van der Waals surface area (Å²) in [5.41, 5.74) is 1.93. The number of hydrogen-bond acceptors (Lipinski definition) is 7. The minimum atomic E-state index is -1.06. The lowest BCUT2D eigenvalue weighted by molar-refractivity contribution is -0.128. The molecule has 0 saturated heterocycles. The average molecular weight is 505 g/mol. The van der Waals surface area contributed by atoms with Crippen molar-refractivity contribution in [2.24, 2.45) is 0 Å². The third-order valence-electron chi connectivity index (χ3n) is 5.61. The van der Waals surface area contributed by atoms with Crippen LogP contribution in [-0.2, 0) is 16.1 Å². The van der Waals surface area contributed by atoms with Crippen LogP contribution in [0.25, 0.3) is 11.6 Å². The van der Waals surface area contributed by atoms with Gasteiger partial charge >= 0.3 is 0 Å². The highest BCUT2D eigenvalue weighted by Gasteiger charge is 2.37. The van der Waals surface area contributed by atoms with Crippen molar-refractivity contribution in [1.82, 2.24) is 25.5 Å². The number of aryl methyl sites for hydroxylation is 4. The normalized spacial score (nSPS) is 12.4. The number of benzene rings is 1. The van der Waals surface area contributed by atoms with Gasteiger partial charge < -0.3 is 14.2 Å². The van der Waals surface area contributed by atoms with Gasteiger partial charge in [0, 0.05) is 11.2 Å². The van der Waals surface area contributed by atoms with Crippen LogP contribution < -0.4 is 10.2 Å². The van der Waals surface area contributed by atoms with Gasteiger partial charge in [-0.2, -0.15) is 4.80 Å². The molecule has 0 saturated carbocycles. The van der Waals surface area contributed by atoms with Gasteiger partial charge in [-0.1, -0.05) is 17.7 Å². The molecule has 1 unspecified atom stereocenters. The topological polar surface area (TPSA) is 119 Å². The maximum absolute atomic E-state index is 13.9. The molecule has 1 aromatic carbocycles. The Kier molecular flexibility index (Phi) is 7.02. The summed E-state index contributed by atoms with van der Waals surface area (Å²) in [4.78, 5) is 30.3. The molecule has 0 aliphatic rings. The first-order valence-electron chi connectivity index (χ1n) is 12.0. The fourth-order valence-electron chi connectivity index (χ4n) is 4.07. The molecule has 37 heavy (non-hydrogen) atoms. The summed E-state index contributed by atoms with van der Waals surface area (Å²) in [6, 6.07) is 11.7. The SMILES string of the molecule is Cc1ccc(N(C(=O)Cn2nnc(-c3ccc(C)o3)n2)C(C(=O)NC(C)(C)C)c2ccc(C)o2)c(C)c1. The van der Waals surface area contributed by atoms with Gasteiger partial charge in [-0.05, 0) is 89.6 Å². The van der Waals surface area contributed by atoms with Crippen molar-refractivity contribution >= 4 is 17.5 Å². The lowest BCUT2D eigenvalue weighted by Crippen LogP contribution is -2.50. The fraction of sp³-hybridized carbons (Fsp3) is 0.370. The van der Waals surface area contributed by atoms with Crippen LogP contribution in [0.5, 0.6) is 0 Å². The van der Waals surface area contributed by atoms with Crippen molar-refractivity contribution < 1.29 is 18.4 Å². The van der Waals surface area contributed by atoms with Crippen molar-refractivity contribution in [3.63, 3.8) is 0 Å².